The summed E-state index contributed by atoms with van der Waals surface area (Å²) in [4.78, 5) is 15.3. The fourth-order valence-corrected chi connectivity index (χ4v) is 2.32. The molecule has 3 aromatic rings. The zero-order valence-corrected chi connectivity index (χ0v) is 11.1. The van der Waals surface area contributed by atoms with Crippen LogP contribution in [0.1, 0.15) is 15.9 Å². The van der Waals surface area contributed by atoms with Gasteiger partial charge in [-0.2, -0.15) is 0 Å². The molecule has 0 amide bonds. The van der Waals surface area contributed by atoms with Crippen molar-refractivity contribution in [2.45, 2.75) is 6.54 Å². The number of fused-ring (bicyclic) bond motifs is 1. The molecule has 2 aromatic heterocycles. The van der Waals surface area contributed by atoms with Gasteiger partial charge in [0, 0.05) is 29.9 Å². The Hall–Kier alpha value is -2.20. The van der Waals surface area contributed by atoms with Crippen LogP contribution < -0.4 is 0 Å². The third kappa shape index (κ3) is 2.18. The first-order chi connectivity index (χ1) is 9.69. The first-order valence-electron chi connectivity index (χ1n) is 6.02. The van der Waals surface area contributed by atoms with Crippen LogP contribution in [0.2, 0.25) is 5.02 Å². The lowest BCUT2D eigenvalue weighted by atomic mass is 10.2. The second kappa shape index (κ2) is 5.06. The van der Waals surface area contributed by atoms with Crippen LogP contribution in [0.25, 0.3) is 11.0 Å². The highest BCUT2D eigenvalue weighted by atomic mass is 35.5. The van der Waals surface area contributed by atoms with Crippen LogP contribution in [-0.2, 0) is 6.54 Å². The first-order valence-corrected chi connectivity index (χ1v) is 6.40. The number of halogens is 2. The Kier molecular flexibility index (Phi) is 3.24. The number of pyridine rings is 1. The Labute approximate surface area is 119 Å². The van der Waals surface area contributed by atoms with E-state index in [0.29, 0.717) is 17.8 Å². The summed E-state index contributed by atoms with van der Waals surface area (Å²) >= 11 is 5.66. The average Bonchev–Trinajstić information content (AvgIpc) is 2.81. The van der Waals surface area contributed by atoms with Gasteiger partial charge >= 0.3 is 0 Å². The Morgan fingerprint density at radius 2 is 2.20 bits per heavy atom. The van der Waals surface area contributed by atoms with Gasteiger partial charge in [-0.1, -0.05) is 17.7 Å². The number of nitrogens with zero attached hydrogens (tertiary/aromatic N) is 2. The summed E-state index contributed by atoms with van der Waals surface area (Å²) in [6, 6.07) is 8.27. The number of rotatable bonds is 3. The lowest BCUT2D eigenvalue weighted by molar-refractivity contribution is 0.112. The van der Waals surface area contributed by atoms with E-state index in [0.717, 1.165) is 17.2 Å². The van der Waals surface area contributed by atoms with Gasteiger partial charge in [-0.25, -0.2) is 9.37 Å². The minimum Gasteiger partial charge on any atom is -0.327 e. The summed E-state index contributed by atoms with van der Waals surface area (Å²) in [6.07, 6.45) is 4.18. The van der Waals surface area contributed by atoms with E-state index in [2.05, 4.69) is 4.98 Å². The number of hydrogen-bond acceptors (Lipinski definition) is 2. The molecule has 5 heteroatoms. The third-order valence-electron chi connectivity index (χ3n) is 3.13. The summed E-state index contributed by atoms with van der Waals surface area (Å²) in [6.45, 7) is 0.426. The second-order valence-electron chi connectivity index (χ2n) is 4.45. The van der Waals surface area contributed by atoms with Crippen molar-refractivity contribution in [3.63, 3.8) is 0 Å². The molecule has 1 aromatic carbocycles. The van der Waals surface area contributed by atoms with Gasteiger partial charge in [0.05, 0.1) is 5.02 Å². The van der Waals surface area contributed by atoms with Gasteiger partial charge < -0.3 is 4.57 Å². The highest BCUT2D eigenvalue weighted by Gasteiger charge is 2.09. The number of carbonyl (C=O) groups is 1. The van der Waals surface area contributed by atoms with Gasteiger partial charge in [-0.15, -0.1) is 0 Å². The lowest BCUT2D eigenvalue weighted by Crippen LogP contribution is -1.99. The molecular formula is C15H10ClFN2O. The normalized spacial score (nSPS) is 10.9. The fraction of sp³-hybridized carbons (Fsp3) is 0.0667. The molecule has 0 N–H and O–H groups in total. The van der Waals surface area contributed by atoms with Crippen LogP contribution in [0.15, 0.2) is 42.7 Å². The van der Waals surface area contributed by atoms with Crippen LogP contribution >= 0.6 is 11.6 Å². The van der Waals surface area contributed by atoms with E-state index in [1.807, 2.05) is 10.6 Å². The molecule has 3 nitrogen and oxygen atoms in total. The molecule has 0 bridgehead atoms. The van der Waals surface area contributed by atoms with Crippen molar-refractivity contribution in [3.05, 3.63) is 64.7 Å². The Morgan fingerprint density at radius 3 is 2.95 bits per heavy atom. The van der Waals surface area contributed by atoms with E-state index in [4.69, 9.17) is 11.6 Å². The van der Waals surface area contributed by atoms with Gasteiger partial charge in [0.2, 0.25) is 0 Å². The number of hydrogen-bond donors (Lipinski definition) is 0. The maximum atomic E-state index is 13.5. The third-order valence-corrected chi connectivity index (χ3v) is 3.44. The van der Waals surface area contributed by atoms with Crippen molar-refractivity contribution in [2.24, 2.45) is 0 Å². The van der Waals surface area contributed by atoms with Gasteiger partial charge in [0.25, 0.3) is 0 Å². The molecule has 0 spiro atoms. The summed E-state index contributed by atoms with van der Waals surface area (Å²) < 4.78 is 15.3. The molecule has 0 aliphatic rings. The van der Waals surface area contributed by atoms with E-state index >= 15 is 0 Å². The van der Waals surface area contributed by atoms with E-state index in [1.165, 1.54) is 12.1 Å². The molecule has 0 unspecified atom stereocenters. The maximum Gasteiger partial charge on any atom is 0.152 e. The van der Waals surface area contributed by atoms with Crippen molar-refractivity contribution in [1.82, 2.24) is 9.55 Å². The summed E-state index contributed by atoms with van der Waals surface area (Å²) in [5, 5.41) is 0.884. The van der Waals surface area contributed by atoms with Gasteiger partial charge in [-0.05, 0) is 29.8 Å². The van der Waals surface area contributed by atoms with Crippen LogP contribution in [0, 0.1) is 5.82 Å². The molecule has 3 rings (SSSR count). The largest absolute Gasteiger partial charge is 0.327 e. The van der Waals surface area contributed by atoms with Crippen molar-refractivity contribution in [1.29, 1.82) is 0 Å². The summed E-state index contributed by atoms with van der Waals surface area (Å²) in [7, 11) is 0. The average molecular weight is 289 g/mol. The van der Waals surface area contributed by atoms with E-state index < -0.39 is 5.82 Å². The number of benzene rings is 1. The zero-order valence-electron chi connectivity index (χ0n) is 10.4. The molecule has 20 heavy (non-hydrogen) atoms. The Balaban J connectivity index is 2.06. The zero-order chi connectivity index (χ0) is 14.1. The smallest absolute Gasteiger partial charge is 0.152 e. The minimum atomic E-state index is -0.454. The van der Waals surface area contributed by atoms with Crippen LogP contribution in [0.5, 0.6) is 0 Å². The highest BCUT2D eigenvalue weighted by molar-refractivity contribution is 6.30. The minimum absolute atomic E-state index is 0.0952. The van der Waals surface area contributed by atoms with E-state index in [9.17, 15) is 9.18 Å². The standard InChI is InChI=1S/C15H10ClFN2O/c16-13-4-3-10(6-14(13)17)7-19-8-11(9-20)12-2-1-5-18-15(12)19/h1-6,8-9H,7H2. The summed E-state index contributed by atoms with van der Waals surface area (Å²) in [5.74, 6) is -0.454. The van der Waals surface area contributed by atoms with Crippen LogP contribution in [0.3, 0.4) is 0 Å². The molecule has 0 atom stereocenters. The summed E-state index contributed by atoms with van der Waals surface area (Å²) in [5.41, 5.74) is 2.03. The molecule has 0 saturated carbocycles. The van der Waals surface area contributed by atoms with Gasteiger partial charge in [-0.3, -0.25) is 4.79 Å². The Bertz CT molecular complexity index is 798. The first kappa shape index (κ1) is 12.8. The number of carbonyl (C=O) groups excluding carboxylic acids is 1. The molecule has 0 saturated heterocycles. The van der Waals surface area contributed by atoms with Crippen LogP contribution in [0.4, 0.5) is 4.39 Å². The molecule has 0 aliphatic carbocycles. The number of aldehydes is 1. The predicted molar refractivity (Wildman–Crippen MR) is 75.6 cm³/mol. The van der Waals surface area contributed by atoms with E-state index in [-0.39, 0.29) is 5.02 Å². The molecule has 0 radical (unpaired) electrons. The predicted octanol–water partition coefficient (Wildman–Crippen LogP) is 3.69. The number of aromatic nitrogens is 2. The second-order valence-corrected chi connectivity index (χ2v) is 4.86. The Morgan fingerprint density at radius 1 is 1.35 bits per heavy atom. The molecule has 2 heterocycles. The van der Waals surface area contributed by atoms with Gasteiger partial charge in [0.15, 0.2) is 6.29 Å². The van der Waals surface area contributed by atoms with Crippen molar-refractivity contribution in [3.8, 4) is 0 Å². The monoisotopic (exact) mass is 288 g/mol. The molecule has 100 valence electrons. The van der Waals surface area contributed by atoms with E-state index in [1.54, 1.807) is 24.5 Å². The molecular weight excluding hydrogens is 279 g/mol. The van der Waals surface area contributed by atoms with Crippen molar-refractivity contribution < 1.29 is 9.18 Å². The highest BCUT2D eigenvalue weighted by Crippen LogP contribution is 2.21. The quantitative estimate of drug-likeness (QED) is 0.689. The topological polar surface area (TPSA) is 34.9 Å². The fourth-order valence-electron chi connectivity index (χ4n) is 2.20. The molecule has 0 aliphatic heterocycles. The SMILES string of the molecule is O=Cc1cn(Cc2ccc(Cl)c(F)c2)c2ncccc12. The van der Waals surface area contributed by atoms with Crippen molar-refractivity contribution >= 4 is 28.9 Å². The lowest BCUT2D eigenvalue weighted by Gasteiger charge is -2.05. The maximum absolute atomic E-state index is 13.5. The van der Waals surface area contributed by atoms with Crippen LogP contribution in [-0.4, -0.2) is 15.8 Å². The van der Waals surface area contributed by atoms with Gasteiger partial charge in [0.1, 0.15) is 11.5 Å². The van der Waals surface area contributed by atoms with Crippen molar-refractivity contribution in [2.75, 3.05) is 0 Å². The molecule has 0 fully saturated rings.